The maximum absolute atomic E-state index is 13.0. The van der Waals surface area contributed by atoms with Crippen molar-refractivity contribution in [3.63, 3.8) is 0 Å². The number of benzene rings is 1. The highest BCUT2D eigenvalue weighted by Gasteiger charge is 2.33. The minimum absolute atomic E-state index is 0.199. The van der Waals surface area contributed by atoms with Gasteiger partial charge in [0.15, 0.2) is 0 Å². The average molecular weight is 397 g/mol. The van der Waals surface area contributed by atoms with Crippen LogP contribution in [0.1, 0.15) is 78.4 Å². The number of carbonyl (C=O) groups excluding carboxylic acids is 1. The summed E-state index contributed by atoms with van der Waals surface area (Å²) >= 11 is 0. The third kappa shape index (κ3) is 4.64. The van der Waals surface area contributed by atoms with Gasteiger partial charge in [-0.25, -0.2) is 14.4 Å². The predicted molar refractivity (Wildman–Crippen MR) is 110 cm³/mol. The average Bonchev–Trinajstić information content (AvgIpc) is 3.28. The zero-order valence-electron chi connectivity index (χ0n) is 17.0. The number of nitrogens with zero attached hydrogens (tertiary/aromatic N) is 3. The molecule has 29 heavy (non-hydrogen) atoms. The number of aromatic nitrogens is 2. The Hall–Kier alpha value is -2.34. The Kier molecular flexibility index (Phi) is 6.19. The Balaban J connectivity index is 1.45. The largest absolute Gasteiger partial charge is 0.348 e. The predicted octanol–water partition coefficient (Wildman–Crippen LogP) is 4.32. The van der Waals surface area contributed by atoms with Gasteiger partial charge in [0, 0.05) is 18.8 Å². The van der Waals surface area contributed by atoms with Crippen LogP contribution >= 0.6 is 0 Å². The molecule has 2 aromatic rings. The van der Waals surface area contributed by atoms with Crippen LogP contribution in [0.5, 0.6) is 0 Å². The second-order valence-electron chi connectivity index (χ2n) is 8.22. The van der Waals surface area contributed by atoms with E-state index in [1.54, 1.807) is 18.3 Å². The molecule has 1 amide bonds. The lowest BCUT2D eigenvalue weighted by Gasteiger charge is -2.39. The highest BCUT2D eigenvalue weighted by molar-refractivity contribution is 5.94. The van der Waals surface area contributed by atoms with Crippen molar-refractivity contribution in [2.24, 2.45) is 0 Å². The smallest absolute Gasteiger partial charge is 0.254 e. The highest BCUT2D eigenvalue weighted by Crippen LogP contribution is 2.36. The van der Waals surface area contributed by atoms with Gasteiger partial charge >= 0.3 is 0 Å². The fourth-order valence-corrected chi connectivity index (χ4v) is 4.65. The lowest BCUT2D eigenvalue weighted by Crippen LogP contribution is -2.41. The van der Waals surface area contributed by atoms with E-state index in [0.29, 0.717) is 23.8 Å². The van der Waals surface area contributed by atoms with Gasteiger partial charge in [-0.05, 0) is 56.8 Å². The van der Waals surface area contributed by atoms with Gasteiger partial charge in [0.05, 0.1) is 17.3 Å². The maximum atomic E-state index is 13.0. The van der Waals surface area contributed by atoms with Crippen molar-refractivity contribution in [1.82, 2.24) is 20.2 Å². The molecule has 1 atom stereocenters. The van der Waals surface area contributed by atoms with E-state index in [4.69, 9.17) is 4.98 Å². The van der Waals surface area contributed by atoms with Gasteiger partial charge in [0.2, 0.25) is 0 Å². The summed E-state index contributed by atoms with van der Waals surface area (Å²) in [5, 5.41) is 2.88. The number of halogens is 1. The molecule has 1 aromatic heterocycles. The standard InChI is InChI=1S/C23H29FN4O/c1-16-20(23(29)26-14-17-9-11-18(24)12-10-17)15-25-22(27-16)21-8-4-5-13-28(21)19-6-2-3-7-19/h9-12,15,19,21H,2-8,13-14H2,1H3,(H,26,29)/t21-/m0/s1. The number of carbonyl (C=O) groups is 1. The van der Waals surface area contributed by atoms with Crippen molar-refractivity contribution in [3.05, 3.63) is 58.9 Å². The van der Waals surface area contributed by atoms with Crippen LogP contribution in [0.4, 0.5) is 4.39 Å². The van der Waals surface area contributed by atoms with Crippen LogP contribution in [0.2, 0.25) is 0 Å². The first-order valence-electron chi connectivity index (χ1n) is 10.7. The van der Waals surface area contributed by atoms with Crippen molar-refractivity contribution in [2.45, 2.75) is 70.5 Å². The van der Waals surface area contributed by atoms with Crippen molar-refractivity contribution in [1.29, 1.82) is 0 Å². The molecule has 1 aromatic carbocycles. The molecule has 154 valence electrons. The van der Waals surface area contributed by atoms with E-state index in [9.17, 15) is 9.18 Å². The fourth-order valence-electron chi connectivity index (χ4n) is 4.65. The number of piperidine rings is 1. The highest BCUT2D eigenvalue weighted by atomic mass is 19.1. The van der Waals surface area contributed by atoms with Crippen LogP contribution in [0.15, 0.2) is 30.5 Å². The monoisotopic (exact) mass is 396 g/mol. The van der Waals surface area contributed by atoms with Gasteiger partial charge in [-0.15, -0.1) is 0 Å². The van der Waals surface area contributed by atoms with E-state index in [1.165, 1.54) is 50.7 Å². The van der Waals surface area contributed by atoms with Gasteiger partial charge in [-0.1, -0.05) is 31.4 Å². The molecule has 0 radical (unpaired) electrons. The van der Waals surface area contributed by atoms with Gasteiger partial charge in [0.1, 0.15) is 11.6 Å². The number of rotatable bonds is 5. The molecule has 1 saturated heterocycles. The molecule has 4 rings (SSSR count). The summed E-state index contributed by atoms with van der Waals surface area (Å²) in [4.78, 5) is 24.6. The summed E-state index contributed by atoms with van der Waals surface area (Å²) in [7, 11) is 0. The van der Waals surface area contributed by atoms with Crippen molar-refractivity contribution in [3.8, 4) is 0 Å². The Morgan fingerprint density at radius 1 is 1.14 bits per heavy atom. The van der Waals surface area contributed by atoms with Crippen LogP contribution in [0.25, 0.3) is 0 Å². The molecule has 0 spiro atoms. The summed E-state index contributed by atoms with van der Waals surface area (Å²) in [5.41, 5.74) is 2.06. The summed E-state index contributed by atoms with van der Waals surface area (Å²) in [6, 6.07) is 7.05. The summed E-state index contributed by atoms with van der Waals surface area (Å²) in [5.74, 6) is 0.369. The third-order valence-electron chi connectivity index (χ3n) is 6.24. The van der Waals surface area contributed by atoms with Gasteiger partial charge in [-0.3, -0.25) is 9.69 Å². The fraction of sp³-hybridized carbons (Fsp3) is 0.522. The van der Waals surface area contributed by atoms with Gasteiger partial charge < -0.3 is 5.32 Å². The van der Waals surface area contributed by atoms with Crippen molar-refractivity contribution in [2.75, 3.05) is 6.54 Å². The second kappa shape index (κ2) is 8.99. The number of nitrogens with one attached hydrogen (secondary N) is 1. The second-order valence-corrected chi connectivity index (χ2v) is 8.22. The Bertz CT molecular complexity index is 848. The molecule has 1 N–H and O–H groups in total. The molecule has 6 heteroatoms. The Labute approximate surface area is 171 Å². The van der Waals surface area contributed by atoms with E-state index in [-0.39, 0.29) is 17.8 Å². The molecule has 1 aliphatic carbocycles. The molecule has 0 bridgehead atoms. The Morgan fingerprint density at radius 3 is 2.59 bits per heavy atom. The van der Waals surface area contributed by atoms with Crippen LogP contribution in [0, 0.1) is 12.7 Å². The quantitative estimate of drug-likeness (QED) is 0.818. The molecule has 2 fully saturated rings. The first-order chi connectivity index (χ1) is 14.1. The SMILES string of the molecule is Cc1nc([C@@H]2CCCCN2C2CCCC2)ncc1C(=O)NCc1ccc(F)cc1. The van der Waals surface area contributed by atoms with E-state index >= 15 is 0 Å². The topological polar surface area (TPSA) is 58.1 Å². The number of likely N-dealkylation sites (tertiary alicyclic amines) is 1. The first-order valence-corrected chi connectivity index (χ1v) is 10.7. The zero-order chi connectivity index (χ0) is 20.2. The molecular weight excluding hydrogens is 367 g/mol. The van der Waals surface area contributed by atoms with E-state index in [0.717, 1.165) is 24.4 Å². The minimum Gasteiger partial charge on any atom is -0.348 e. The zero-order valence-corrected chi connectivity index (χ0v) is 17.0. The van der Waals surface area contributed by atoms with Crippen LogP contribution in [-0.2, 0) is 6.54 Å². The first kappa shape index (κ1) is 20.0. The summed E-state index contributed by atoms with van der Waals surface area (Å²) in [6.07, 6.45) is 10.4. The number of hydrogen-bond donors (Lipinski definition) is 1. The molecule has 2 heterocycles. The van der Waals surface area contributed by atoms with E-state index in [1.807, 2.05) is 6.92 Å². The normalized spacial score (nSPS) is 20.7. The summed E-state index contributed by atoms with van der Waals surface area (Å²) < 4.78 is 13.0. The minimum atomic E-state index is -0.283. The summed E-state index contributed by atoms with van der Waals surface area (Å²) in [6.45, 7) is 3.34. The van der Waals surface area contributed by atoms with Crippen LogP contribution in [0.3, 0.4) is 0 Å². The van der Waals surface area contributed by atoms with Crippen LogP contribution < -0.4 is 5.32 Å². The molecule has 0 unspecified atom stereocenters. The molecule has 1 aliphatic heterocycles. The van der Waals surface area contributed by atoms with Gasteiger partial charge in [-0.2, -0.15) is 0 Å². The van der Waals surface area contributed by atoms with E-state index in [2.05, 4.69) is 15.2 Å². The number of aryl methyl sites for hydroxylation is 1. The van der Waals surface area contributed by atoms with Crippen molar-refractivity contribution < 1.29 is 9.18 Å². The molecule has 2 aliphatic rings. The van der Waals surface area contributed by atoms with E-state index < -0.39 is 0 Å². The number of hydrogen-bond acceptors (Lipinski definition) is 4. The molecule has 1 saturated carbocycles. The van der Waals surface area contributed by atoms with Gasteiger partial charge in [0.25, 0.3) is 5.91 Å². The molecule has 5 nitrogen and oxygen atoms in total. The maximum Gasteiger partial charge on any atom is 0.254 e. The van der Waals surface area contributed by atoms with Crippen molar-refractivity contribution >= 4 is 5.91 Å². The third-order valence-corrected chi connectivity index (χ3v) is 6.24. The lowest BCUT2D eigenvalue weighted by atomic mass is 9.98. The molecular formula is C23H29FN4O. The number of amides is 1. The Morgan fingerprint density at radius 2 is 1.86 bits per heavy atom. The lowest BCUT2D eigenvalue weighted by molar-refractivity contribution is 0.0906. The van der Waals surface area contributed by atoms with Crippen LogP contribution in [-0.4, -0.2) is 33.4 Å².